The molecule has 2 aromatic carbocycles. The highest BCUT2D eigenvalue weighted by molar-refractivity contribution is 5.96. The number of hydrogen-bond acceptors (Lipinski definition) is 4. The molecule has 6 heteroatoms. The average molecular weight is 311 g/mol. The molecule has 0 aliphatic carbocycles. The van der Waals surface area contributed by atoms with E-state index in [4.69, 9.17) is 4.74 Å². The number of methoxy groups -OCH3 is 1. The molecule has 0 unspecified atom stereocenters. The van der Waals surface area contributed by atoms with Gasteiger partial charge in [-0.2, -0.15) is 0 Å². The Morgan fingerprint density at radius 2 is 1.96 bits per heavy atom. The Labute approximate surface area is 132 Å². The lowest BCUT2D eigenvalue weighted by Gasteiger charge is -2.15. The largest absolute Gasteiger partial charge is 0.497 e. The van der Waals surface area contributed by atoms with Crippen LogP contribution < -0.4 is 9.91 Å². The minimum absolute atomic E-state index is 0.101. The Balaban J connectivity index is 1.85. The summed E-state index contributed by atoms with van der Waals surface area (Å²) in [6, 6.07) is 10.2. The number of nitrogens with zero attached hydrogens (tertiary/aromatic N) is 1. The van der Waals surface area contributed by atoms with E-state index in [9.17, 15) is 14.5 Å². The number of nitrogens with one attached hydrogen (secondary N) is 1. The fraction of sp³-hybridized carbons (Fsp3) is 0.176. The molecular weight excluding hydrogens is 296 g/mol. The highest BCUT2D eigenvalue weighted by atomic mass is 16.5. The van der Waals surface area contributed by atoms with E-state index in [1.54, 1.807) is 23.3 Å². The molecule has 0 fully saturated rings. The molecule has 116 valence electrons. The first-order valence-corrected chi connectivity index (χ1v) is 7.08. The van der Waals surface area contributed by atoms with Crippen molar-refractivity contribution in [2.24, 2.45) is 0 Å². The summed E-state index contributed by atoms with van der Waals surface area (Å²) in [4.78, 5) is 36.1. The molecule has 1 aliphatic heterocycles. The van der Waals surface area contributed by atoms with Crippen LogP contribution >= 0.6 is 0 Å². The van der Waals surface area contributed by atoms with E-state index in [-0.39, 0.29) is 17.2 Å². The molecule has 0 aromatic heterocycles. The number of ether oxygens (including phenoxy) is 1. The van der Waals surface area contributed by atoms with E-state index in [2.05, 4.69) is 0 Å². The predicted octanol–water partition coefficient (Wildman–Crippen LogP) is 1.14. The highest BCUT2D eigenvalue weighted by Gasteiger charge is 2.25. The van der Waals surface area contributed by atoms with E-state index < -0.39 is 0 Å². The number of carbonyl (C=O) groups excluding carboxylic acids is 2. The number of carbonyl (C=O) groups is 2. The van der Waals surface area contributed by atoms with Crippen LogP contribution in [0, 0.1) is 4.91 Å². The number of rotatable bonds is 4. The zero-order chi connectivity index (χ0) is 16.4. The van der Waals surface area contributed by atoms with E-state index >= 15 is 0 Å². The molecule has 1 N–H and O–H groups in total. The molecule has 2 aromatic rings. The van der Waals surface area contributed by atoms with Gasteiger partial charge in [0, 0.05) is 34.8 Å². The lowest BCUT2D eigenvalue weighted by molar-refractivity contribution is -0.379. The maximum atomic E-state index is 12.6. The van der Waals surface area contributed by atoms with Crippen LogP contribution in [-0.2, 0) is 13.1 Å². The maximum Gasteiger partial charge on any atom is 0.264 e. The second-order valence-corrected chi connectivity index (χ2v) is 5.32. The van der Waals surface area contributed by atoms with Crippen molar-refractivity contribution < 1.29 is 19.5 Å². The smallest absolute Gasteiger partial charge is 0.264 e. The fourth-order valence-corrected chi connectivity index (χ4v) is 2.70. The Morgan fingerprint density at radius 3 is 2.65 bits per heavy atom. The number of benzene rings is 2. The van der Waals surface area contributed by atoms with Gasteiger partial charge in [0.05, 0.1) is 12.7 Å². The van der Waals surface area contributed by atoms with Crippen molar-refractivity contribution in [3.05, 3.63) is 63.6 Å². The standard InChI is InChI=1S/C17H14N2O4/c1-23-15-5-4-12-8-19(9-14(12)6-15)17(21)11-2-3-13(10-20)16(7-11)18-22/h2-7,10H,8-9H2,1H3/p+1. The molecule has 0 bridgehead atoms. The first kappa shape index (κ1) is 14.9. The molecule has 1 aliphatic rings. The van der Waals surface area contributed by atoms with Crippen LogP contribution in [0.25, 0.3) is 0 Å². The molecule has 0 atom stereocenters. The third kappa shape index (κ3) is 2.70. The zero-order valence-corrected chi connectivity index (χ0v) is 12.5. The van der Waals surface area contributed by atoms with Crippen LogP contribution in [0.15, 0.2) is 36.4 Å². The molecule has 23 heavy (non-hydrogen) atoms. The number of nitroso groups, excluding NO2 is 1. The van der Waals surface area contributed by atoms with Gasteiger partial charge in [-0.15, -0.1) is 0 Å². The molecule has 0 saturated heterocycles. The summed E-state index contributed by atoms with van der Waals surface area (Å²) in [6.07, 6.45) is 0.576. The minimum Gasteiger partial charge on any atom is -0.497 e. The van der Waals surface area contributed by atoms with Gasteiger partial charge in [0.2, 0.25) is 0 Å². The van der Waals surface area contributed by atoms with Gasteiger partial charge in [0.1, 0.15) is 5.75 Å². The van der Waals surface area contributed by atoms with Gasteiger partial charge in [-0.25, -0.2) is 0 Å². The van der Waals surface area contributed by atoms with Crippen LogP contribution in [0.3, 0.4) is 0 Å². The van der Waals surface area contributed by atoms with Crippen molar-refractivity contribution in [2.45, 2.75) is 13.1 Å². The summed E-state index contributed by atoms with van der Waals surface area (Å²) in [5.74, 6) is 0.570. The summed E-state index contributed by atoms with van der Waals surface area (Å²) < 4.78 is 5.20. The lowest BCUT2D eigenvalue weighted by atomic mass is 10.1. The van der Waals surface area contributed by atoms with Crippen molar-refractivity contribution >= 4 is 17.9 Å². The second kappa shape index (κ2) is 6.00. The Morgan fingerprint density at radius 1 is 1.17 bits per heavy atom. The van der Waals surface area contributed by atoms with Crippen molar-refractivity contribution in [1.29, 1.82) is 0 Å². The predicted molar refractivity (Wildman–Crippen MR) is 82.4 cm³/mol. The van der Waals surface area contributed by atoms with Gasteiger partial charge in [0.15, 0.2) is 6.29 Å². The van der Waals surface area contributed by atoms with Gasteiger partial charge in [-0.1, -0.05) is 6.07 Å². The number of aldehydes is 1. The third-order valence-electron chi connectivity index (χ3n) is 3.96. The SMILES string of the molecule is COc1ccc2c(c1)CN(C(=O)c1ccc(C=O)c([NH+]=O)c1)C2. The summed E-state index contributed by atoms with van der Waals surface area (Å²) in [7, 11) is 1.60. The third-order valence-corrected chi connectivity index (χ3v) is 3.96. The zero-order valence-electron chi connectivity index (χ0n) is 12.5. The molecular formula is C17H15N2O4+. The molecule has 1 heterocycles. The van der Waals surface area contributed by atoms with Crippen molar-refractivity contribution in [2.75, 3.05) is 7.11 Å². The van der Waals surface area contributed by atoms with Gasteiger partial charge in [-0.05, 0) is 35.4 Å². The fourth-order valence-electron chi connectivity index (χ4n) is 2.70. The van der Waals surface area contributed by atoms with Crippen molar-refractivity contribution in [3.8, 4) is 5.75 Å². The summed E-state index contributed by atoms with van der Waals surface area (Å²) in [6.45, 7) is 0.995. The molecule has 6 nitrogen and oxygen atoms in total. The van der Waals surface area contributed by atoms with Crippen LogP contribution in [0.5, 0.6) is 5.75 Å². The first-order valence-electron chi connectivity index (χ1n) is 7.08. The van der Waals surface area contributed by atoms with Gasteiger partial charge in [-0.3, -0.25) is 9.59 Å². The van der Waals surface area contributed by atoms with E-state index in [1.165, 1.54) is 12.1 Å². The number of hydrogen-bond donors (Lipinski definition) is 1. The van der Waals surface area contributed by atoms with Crippen molar-refractivity contribution in [1.82, 2.24) is 4.90 Å². The van der Waals surface area contributed by atoms with Crippen LogP contribution in [0.4, 0.5) is 5.69 Å². The van der Waals surface area contributed by atoms with Gasteiger partial charge < -0.3 is 9.64 Å². The molecule has 3 rings (SSSR count). The van der Waals surface area contributed by atoms with Crippen LogP contribution in [0.1, 0.15) is 31.8 Å². The molecule has 0 saturated carbocycles. The van der Waals surface area contributed by atoms with Gasteiger partial charge in [0.25, 0.3) is 11.6 Å². The Hall–Kier alpha value is -3.02. The van der Waals surface area contributed by atoms with Crippen LogP contribution in [0.2, 0.25) is 0 Å². The average Bonchev–Trinajstić information content (AvgIpc) is 3.03. The molecule has 1 amide bonds. The summed E-state index contributed by atoms with van der Waals surface area (Å²) >= 11 is 0. The number of fused-ring (bicyclic) bond motifs is 1. The number of amides is 1. The van der Waals surface area contributed by atoms with Crippen molar-refractivity contribution in [3.63, 3.8) is 0 Å². The quantitative estimate of drug-likeness (QED) is 0.859. The van der Waals surface area contributed by atoms with E-state index in [0.717, 1.165) is 16.9 Å². The first-order chi connectivity index (χ1) is 11.2. The normalized spacial score (nSPS) is 12.7. The minimum atomic E-state index is -0.186. The monoisotopic (exact) mass is 311 g/mol. The molecule has 0 spiro atoms. The Bertz CT molecular complexity index is 801. The highest BCUT2D eigenvalue weighted by Crippen LogP contribution is 2.28. The van der Waals surface area contributed by atoms with Crippen LogP contribution in [-0.4, -0.2) is 24.2 Å². The maximum absolute atomic E-state index is 12.6. The van der Waals surface area contributed by atoms with E-state index in [1.807, 2.05) is 18.2 Å². The van der Waals surface area contributed by atoms with E-state index in [0.29, 0.717) is 24.9 Å². The topological polar surface area (TPSA) is 77.7 Å². The van der Waals surface area contributed by atoms with Gasteiger partial charge >= 0.3 is 0 Å². The second-order valence-electron chi connectivity index (χ2n) is 5.32. The lowest BCUT2D eigenvalue weighted by Crippen LogP contribution is -2.56. The summed E-state index contributed by atoms with van der Waals surface area (Å²) in [5, 5.41) is 1.70. The summed E-state index contributed by atoms with van der Waals surface area (Å²) in [5.41, 5.74) is 2.82. The molecule has 0 radical (unpaired) electrons. The Kier molecular flexibility index (Phi) is 3.89.